The molecule has 0 aliphatic heterocycles. The summed E-state index contributed by atoms with van der Waals surface area (Å²) < 4.78 is 3.22. The first-order valence-corrected chi connectivity index (χ1v) is 9.78. The summed E-state index contributed by atoms with van der Waals surface area (Å²) in [6.07, 6.45) is 3.41. The van der Waals surface area contributed by atoms with Gasteiger partial charge in [-0.05, 0) is 37.1 Å². The van der Waals surface area contributed by atoms with E-state index in [1.807, 2.05) is 42.5 Å². The standard InChI is InChI=1S/C21H17N5OS/c1-13-14(2)28-20-17(13)19-23-18(16-9-6-10-22-11-16)24-26(19)21(27)25(20)12-15-7-4-3-5-8-15/h3-11H,12H2,1-2H3. The lowest BCUT2D eigenvalue weighted by molar-refractivity contribution is 0.720. The van der Waals surface area contributed by atoms with Gasteiger partial charge in [0.2, 0.25) is 0 Å². The molecule has 0 radical (unpaired) electrons. The van der Waals surface area contributed by atoms with Crippen LogP contribution < -0.4 is 5.69 Å². The molecule has 4 heterocycles. The number of thiophene rings is 1. The zero-order chi connectivity index (χ0) is 19.3. The van der Waals surface area contributed by atoms with Gasteiger partial charge in [0.1, 0.15) is 4.83 Å². The maximum absolute atomic E-state index is 13.3. The van der Waals surface area contributed by atoms with Crippen molar-refractivity contribution in [1.82, 2.24) is 24.1 Å². The average molecular weight is 387 g/mol. The Morgan fingerprint density at radius 1 is 1.07 bits per heavy atom. The van der Waals surface area contributed by atoms with Crippen molar-refractivity contribution < 1.29 is 0 Å². The average Bonchev–Trinajstić information content (AvgIpc) is 3.29. The zero-order valence-corrected chi connectivity index (χ0v) is 16.3. The second kappa shape index (κ2) is 6.38. The lowest BCUT2D eigenvalue weighted by Gasteiger charge is -2.08. The highest BCUT2D eigenvalue weighted by atomic mass is 32.1. The highest BCUT2D eigenvalue weighted by Crippen LogP contribution is 2.32. The maximum Gasteiger partial charge on any atom is 0.352 e. The van der Waals surface area contributed by atoms with Crippen molar-refractivity contribution in [2.24, 2.45) is 0 Å². The summed E-state index contributed by atoms with van der Waals surface area (Å²) in [6.45, 7) is 4.64. The van der Waals surface area contributed by atoms with E-state index >= 15 is 0 Å². The van der Waals surface area contributed by atoms with Crippen LogP contribution in [0.5, 0.6) is 0 Å². The SMILES string of the molecule is Cc1sc2c(c1C)c1nc(-c3cccnc3)nn1c(=O)n2Cc1ccccc1. The fourth-order valence-corrected chi connectivity index (χ4v) is 4.54. The van der Waals surface area contributed by atoms with Crippen LogP contribution >= 0.6 is 11.3 Å². The molecular formula is C21H17N5OS. The minimum absolute atomic E-state index is 0.185. The second-order valence-electron chi connectivity index (χ2n) is 6.73. The Hall–Kier alpha value is -3.32. The van der Waals surface area contributed by atoms with Gasteiger partial charge in [-0.3, -0.25) is 9.55 Å². The third-order valence-corrected chi connectivity index (χ3v) is 6.19. The first kappa shape index (κ1) is 16.8. The summed E-state index contributed by atoms with van der Waals surface area (Å²) in [5.74, 6) is 0.507. The number of benzene rings is 1. The smallest absolute Gasteiger partial charge is 0.278 e. The number of pyridine rings is 1. The molecule has 1 aromatic carbocycles. The fraction of sp³-hybridized carbons (Fsp3) is 0.143. The van der Waals surface area contributed by atoms with Gasteiger partial charge in [0.05, 0.1) is 11.9 Å². The van der Waals surface area contributed by atoms with E-state index < -0.39 is 0 Å². The first-order valence-electron chi connectivity index (χ1n) is 8.97. The summed E-state index contributed by atoms with van der Waals surface area (Å²) in [4.78, 5) is 24.3. The van der Waals surface area contributed by atoms with Gasteiger partial charge in [-0.25, -0.2) is 9.78 Å². The van der Waals surface area contributed by atoms with Crippen molar-refractivity contribution >= 4 is 27.2 Å². The molecule has 0 saturated carbocycles. The number of aromatic nitrogens is 5. The van der Waals surface area contributed by atoms with Crippen LogP contribution in [0.15, 0.2) is 59.7 Å². The Balaban J connectivity index is 1.83. The van der Waals surface area contributed by atoms with Crippen LogP contribution in [0.1, 0.15) is 16.0 Å². The molecular weight excluding hydrogens is 370 g/mol. The van der Waals surface area contributed by atoms with Crippen LogP contribution in [0, 0.1) is 13.8 Å². The Morgan fingerprint density at radius 3 is 2.64 bits per heavy atom. The topological polar surface area (TPSA) is 65.1 Å². The molecule has 0 aliphatic rings. The number of hydrogen-bond acceptors (Lipinski definition) is 5. The molecule has 0 fully saturated rings. The van der Waals surface area contributed by atoms with Crippen LogP contribution in [0.2, 0.25) is 0 Å². The van der Waals surface area contributed by atoms with Gasteiger partial charge in [0, 0.05) is 22.8 Å². The fourth-order valence-electron chi connectivity index (χ4n) is 3.39. The van der Waals surface area contributed by atoms with Crippen molar-refractivity contribution in [2.45, 2.75) is 20.4 Å². The molecule has 6 nitrogen and oxygen atoms in total. The maximum atomic E-state index is 13.3. The third-order valence-electron chi connectivity index (χ3n) is 4.96. The van der Waals surface area contributed by atoms with Crippen molar-refractivity contribution in [2.75, 3.05) is 0 Å². The minimum Gasteiger partial charge on any atom is -0.278 e. The molecule has 0 saturated heterocycles. The van der Waals surface area contributed by atoms with Crippen LogP contribution in [-0.4, -0.2) is 24.1 Å². The van der Waals surface area contributed by atoms with Gasteiger partial charge in [-0.15, -0.1) is 16.4 Å². The molecule has 5 rings (SSSR count). The minimum atomic E-state index is -0.185. The summed E-state index contributed by atoms with van der Waals surface area (Å²) >= 11 is 1.63. The zero-order valence-electron chi connectivity index (χ0n) is 15.5. The summed E-state index contributed by atoms with van der Waals surface area (Å²) in [5.41, 5.74) is 3.41. The van der Waals surface area contributed by atoms with Crippen molar-refractivity contribution in [3.05, 3.63) is 81.3 Å². The molecule has 0 bridgehead atoms. The van der Waals surface area contributed by atoms with E-state index in [9.17, 15) is 4.79 Å². The molecule has 7 heteroatoms. The van der Waals surface area contributed by atoms with Crippen LogP contribution in [0.3, 0.4) is 0 Å². The third kappa shape index (κ3) is 2.55. The Bertz CT molecular complexity index is 1370. The Kier molecular flexibility index (Phi) is 3.84. The molecule has 0 aliphatic carbocycles. The van der Waals surface area contributed by atoms with E-state index in [1.54, 1.807) is 28.3 Å². The van der Waals surface area contributed by atoms with Crippen LogP contribution in [-0.2, 0) is 6.54 Å². The van der Waals surface area contributed by atoms with Gasteiger partial charge in [0.25, 0.3) is 0 Å². The van der Waals surface area contributed by atoms with E-state index in [1.165, 1.54) is 9.39 Å². The van der Waals surface area contributed by atoms with Crippen molar-refractivity contribution in [1.29, 1.82) is 0 Å². The molecule has 0 atom stereocenters. The molecule has 0 spiro atoms. The predicted molar refractivity (Wildman–Crippen MR) is 111 cm³/mol. The normalized spacial score (nSPS) is 11.5. The quantitative estimate of drug-likeness (QED) is 0.472. The van der Waals surface area contributed by atoms with Crippen LogP contribution in [0.4, 0.5) is 0 Å². The number of fused-ring (bicyclic) bond motifs is 3. The Labute approximate surface area is 164 Å². The predicted octanol–water partition coefficient (Wildman–Crippen LogP) is 3.83. The van der Waals surface area contributed by atoms with E-state index in [2.05, 4.69) is 23.9 Å². The number of rotatable bonds is 3. The lowest BCUT2D eigenvalue weighted by Crippen LogP contribution is -2.27. The van der Waals surface area contributed by atoms with E-state index in [0.717, 1.165) is 26.9 Å². The molecule has 4 aromatic heterocycles. The first-order chi connectivity index (χ1) is 13.6. The number of aryl methyl sites for hydroxylation is 2. The summed E-state index contributed by atoms with van der Waals surface area (Å²) in [6, 6.07) is 13.7. The van der Waals surface area contributed by atoms with Gasteiger partial charge in [0.15, 0.2) is 11.5 Å². The van der Waals surface area contributed by atoms with Gasteiger partial charge in [-0.1, -0.05) is 30.3 Å². The molecule has 0 amide bonds. The van der Waals surface area contributed by atoms with Gasteiger partial charge >= 0.3 is 5.69 Å². The largest absolute Gasteiger partial charge is 0.352 e. The Morgan fingerprint density at radius 2 is 1.89 bits per heavy atom. The summed E-state index contributed by atoms with van der Waals surface area (Å²) in [5, 5.41) is 5.51. The number of nitrogens with zero attached hydrogens (tertiary/aromatic N) is 5. The molecule has 5 aromatic rings. The van der Waals surface area contributed by atoms with Crippen molar-refractivity contribution in [3.8, 4) is 11.4 Å². The molecule has 138 valence electrons. The molecule has 0 unspecified atom stereocenters. The summed E-state index contributed by atoms with van der Waals surface area (Å²) in [7, 11) is 0. The molecule has 28 heavy (non-hydrogen) atoms. The van der Waals surface area contributed by atoms with Crippen molar-refractivity contribution in [3.63, 3.8) is 0 Å². The van der Waals surface area contributed by atoms with Gasteiger partial charge < -0.3 is 0 Å². The van der Waals surface area contributed by atoms with E-state index in [-0.39, 0.29) is 5.69 Å². The number of hydrogen-bond donors (Lipinski definition) is 0. The monoisotopic (exact) mass is 387 g/mol. The molecule has 0 N–H and O–H groups in total. The van der Waals surface area contributed by atoms with E-state index in [4.69, 9.17) is 4.98 Å². The highest BCUT2D eigenvalue weighted by molar-refractivity contribution is 7.19. The lowest BCUT2D eigenvalue weighted by atomic mass is 10.2. The highest BCUT2D eigenvalue weighted by Gasteiger charge is 2.20. The van der Waals surface area contributed by atoms with E-state index in [0.29, 0.717) is 18.0 Å². The van der Waals surface area contributed by atoms with Crippen LogP contribution in [0.25, 0.3) is 27.3 Å². The van der Waals surface area contributed by atoms with Gasteiger partial charge in [-0.2, -0.15) is 4.52 Å². The second-order valence-corrected chi connectivity index (χ2v) is 7.93.